The van der Waals surface area contributed by atoms with Gasteiger partial charge in [0.1, 0.15) is 0 Å². The van der Waals surface area contributed by atoms with Crippen LogP contribution in [0.4, 0.5) is 0 Å². The number of likely N-dealkylation sites (tertiary alicyclic amines) is 1. The third kappa shape index (κ3) is 4.72. The maximum Gasteiger partial charge on any atom is 0.219 e. The molecule has 3 unspecified atom stereocenters. The number of piperidine rings is 1. The zero-order chi connectivity index (χ0) is 17.0. The summed E-state index contributed by atoms with van der Waals surface area (Å²) in [5.41, 5.74) is 0.347. The molecule has 0 aliphatic carbocycles. The van der Waals surface area contributed by atoms with Crippen molar-refractivity contribution in [3.63, 3.8) is 0 Å². The average molecular weight is 298 g/mol. The summed E-state index contributed by atoms with van der Waals surface area (Å²) in [6.07, 6.45) is 2.29. The van der Waals surface area contributed by atoms with Crippen LogP contribution in [0.1, 0.15) is 82.1 Å². The maximum absolute atomic E-state index is 11.7. The molecule has 1 fully saturated rings. The monoisotopic (exact) mass is 297 g/mol. The third-order valence-electron chi connectivity index (χ3n) is 5.79. The molecule has 0 saturated carbocycles. The van der Waals surface area contributed by atoms with Crippen LogP contribution in [0, 0.1) is 23.2 Å². The van der Waals surface area contributed by atoms with Crippen LogP contribution in [0.5, 0.6) is 0 Å². The topological polar surface area (TPSA) is 20.3 Å². The van der Waals surface area contributed by atoms with Gasteiger partial charge in [-0.2, -0.15) is 0 Å². The van der Waals surface area contributed by atoms with E-state index in [1.807, 2.05) is 13.8 Å². The number of nitrogens with zero attached hydrogens (tertiary/aromatic N) is 1. The molecule has 0 N–H and O–H groups in total. The third-order valence-corrected chi connectivity index (χ3v) is 5.79. The van der Waals surface area contributed by atoms with E-state index < -0.39 is 0 Å². The second kappa shape index (κ2) is 8.19. The summed E-state index contributed by atoms with van der Waals surface area (Å²) in [5.74, 6) is 2.37. The first kappa shape index (κ1) is 20.5. The van der Waals surface area contributed by atoms with E-state index >= 15 is 0 Å². The van der Waals surface area contributed by atoms with Gasteiger partial charge in [-0.25, -0.2) is 0 Å². The van der Waals surface area contributed by atoms with Crippen LogP contribution < -0.4 is 0 Å². The van der Waals surface area contributed by atoms with Crippen LogP contribution in [-0.2, 0) is 4.79 Å². The van der Waals surface area contributed by atoms with Crippen LogP contribution in [0.15, 0.2) is 0 Å². The van der Waals surface area contributed by atoms with Gasteiger partial charge in [-0.15, -0.1) is 0 Å². The lowest BCUT2D eigenvalue weighted by Crippen LogP contribution is -2.52. The summed E-state index contributed by atoms with van der Waals surface area (Å²) in [7, 11) is 0. The molecule has 2 heteroatoms. The molecule has 1 aliphatic rings. The summed E-state index contributed by atoms with van der Waals surface area (Å²) < 4.78 is 0. The Labute approximate surface area is 133 Å². The van der Waals surface area contributed by atoms with E-state index in [-0.39, 0.29) is 5.91 Å². The fraction of sp³-hybridized carbons (Fsp3) is 0.947. The minimum Gasteiger partial charge on any atom is -0.338 e. The molecule has 0 aromatic carbocycles. The first-order chi connectivity index (χ1) is 9.59. The van der Waals surface area contributed by atoms with Crippen LogP contribution in [0.3, 0.4) is 0 Å². The first-order valence-corrected chi connectivity index (χ1v) is 8.87. The summed E-state index contributed by atoms with van der Waals surface area (Å²) in [4.78, 5) is 13.8. The minimum absolute atomic E-state index is 0.230. The van der Waals surface area contributed by atoms with Crippen molar-refractivity contribution in [1.82, 2.24) is 4.90 Å². The van der Waals surface area contributed by atoms with E-state index in [1.165, 1.54) is 0 Å². The molecular formula is C19H39NO. The molecule has 3 atom stereocenters. The Kier molecular flexibility index (Phi) is 7.99. The highest BCUT2D eigenvalue weighted by Crippen LogP contribution is 2.46. The van der Waals surface area contributed by atoms with E-state index in [4.69, 9.17) is 0 Å². The number of hydrogen-bond acceptors (Lipinski definition) is 1. The summed E-state index contributed by atoms with van der Waals surface area (Å²) in [5, 5.41) is 0. The lowest BCUT2D eigenvalue weighted by Gasteiger charge is -2.50. The highest BCUT2D eigenvalue weighted by Gasteiger charge is 2.42. The summed E-state index contributed by atoms with van der Waals surface area (Å²) >= 11 is 0. The number of hydrogen-bond donors (Lipinski definition) is 0. The number of carbonyl (C=O) groups is 1. The smallest absolute Gasteiger partial charge is 0.219 e. The molecule has 1 rings (SSSR count). The van der Waals surface area contributed by atoms with Gasteiger partial charge in [0.25, 0.3) is 0 Å². The van der Waals surface area contributed by atoms with Gasteiger partial charge < -0.3 is 4.90 Å². The molecule has 1 heterocycles. The Bertz CT molecular complexity index is 310. The van der Waals surface area contributed by atoms with Crippen LogP contribution in [-0.4, -0.2) is 22.9 Å². The lowest BCUT2D eigenvalue weighted by molar-refractivity contribution is -0.137. The van der Waals surface area contributed by atoms with Gasteiger partial charge in [0.2, 0.25) is 5.91 Å². The van der Waals surface area contributed by atoms with Crippen molar-refractivity contribution in [3.8, 4) is 0 Å². The van der Waals surface area contributed by atoms with Crippen molar-refractivity contribution in [2.45, 2.75) is 94.2 Å². The van der Waals surface area contributed by atoms with E-state index in [9.17, 15) is 4.79 Å². The van der Waals surface area contributed by atoms with Gasteiger partial charge in [-0.3, -0.25) is 4.79 Å². The van der Waals surface area contributed by atoms with Gasteiger partial charge in [-0.05, 0) is 49.9 Å². The molecule has 0 radical (unpaired) electrons. The van der Waals surface area contributed by atoms with Crippen molar-refractivity contribution in [2.75, 3.05) is 0 Å². The fourth-order valence-corrected chi connectivity index (χ4v) is 4.04. The normalized spacial score (nSPS) is 28.0. The number of rotatable bonds is 3. The van der Waals surface area contributed by atoms with Crippen molar-refractivity contribution < 1.29 is 4.79 Å². The Morgan fingerprint density at radius 1 is 1.05 bits per heavy atom. The van der Waals surface area contributed by atoms with Gasteiger partial charge in [0.05, 0.1) is 0 Å². The standard InChI is InChI=1S/C17H33NO.C2H6/c1-11(2)14(5)17(7,8)16-9-12(3)18(15(6)19)13(4)10-16;1-2/h11-14,16H,9-10H2,1-8H3;1-2H3. The lowest BCUT2D eigenvalue weighted by atomic mass is 9.62. The quantitative estimate of drug-likeness (QED) is 0.686. The maximum atomic E-state index is 11.7. The van der Waals surface area contributed by atoms with Crippen LogP contribution in [0.25, 0.3) is 0 Å². The first-order valence-electron chi connectivity index (χ1n) is 8.87. The number of amides is 1. The Balaban J connectivity index is 0.00000191. The molecule has 1 saturated heterocycles. The SMILES string of the molecule is CC.CC(=O)N1C(C)CC(C(C)(C)C(C)C(C)C)CC1C. The zero-order valence-electron chi connectivity index (χ0n) is 16.2. The zero-order valence-corrected chi connectivity index (χ0v) is 16.2. The van der Waals surface area contributed by atoms with Gasteiger partial charge in [-0.1, -0.05) is 48.5 Å². The van der Waals surface area contributed by atoms with Crippen LogP contribution in [0.2, 0.25) is 0 Å². The Morgan fingerprint density at radius 3 is 1.71 bits per heavy atom. The Hall–Kier alpha value is -0.530. The largest absolute Gasteiger partial charge is 0.338 e. The minimum atomic E-state index is 0.230. The van der Waals surface area contributed by atoms with E-state index in [0.29, 0.717) is 35.3 Å². The average Bonchev–Trinajstić information content (AvgIpc) is 2.38. The second-order valence-electron chi connectivity index (χ2n) is 7.65. The predicted molar refractivity (Wildman–Crippen MR) is 93.3 cm³/mol. The van der Waals surface area contributed by atoms with E-state index in [0.717, 1.165) is 12.8 Å². The number of carbonyl (C=O) groups excluding carboxylic acids is 1. The van der Waals surface area contributed by atoms with Crippen molar-refractivity contribution in [1.29, 1.82) is 0 Å². The second-order valence-corrected chi connectivity index (χ2v) is 7.65. The van der Waals surface area contributed by atoms with Crippen molar-refractivity contribution in [3.05, 3.63) is 0 Å². The molecule has 0 aromatic rings. The fourth-order valence-electron chi connectivity index (χ4n) is 4.04. The molecule has 1 amide bonds. The molecule has 0 aromatic heterocycles. The predicted octanol–water partition coefficient (Wildman–Crippen LogP) is 5.37. The molecule has 1 aliphatic heterocycles. The van der Waals surface area contributed by atoms with Gasteiger partial charge in [0, 0.05) is 19.0 Å². The van der Waals surface area contributed by atoms with Gasteiger partial charge in [0.15, 0.2) is 0 Å². The molecule has 2 nitrogen and oxygen atoms in total. The van der Waals surface area contributed by atoms with E-state index in [1.54, 1.807) is 6.92 Å². The molecule has 0 spiro atoms. The summed E-state index contributed by atoms with van der Waals surface area (Å²) in [6, 6.07) is 0.759. The molecule has 126 valence electrons. The van der Waals surface area contributed by atoms with Crippen molar-refractivity contribution >= 4 is 5.91 Å². The highest BCUT2D eigenvalue weighted by molar-refractivity contribution is 5.74. The Morgan fingerprint density at radius 2 is 1.43 bits per heavy atom. The molecular weight excluding hydrogens is 258 g/mol. The highest BCUT2D eigenvalue weighted by atomic mass is 16.2. The van der Waals surface area contributed by atoms with Crippen LogP contribution >= 0.6 is 0 Å². The van der Waals surface area contributed by atoms with E-state index in [2.05, 4.69) is 53.4 Å². The summed E-state index contributed by atoms with van der Waals surface area (Å²) in [6.45, 7) is 22.0. The molecule has 0 bridgehead atoms. The van der Waals surface area contributed by atoms with Crippen molar-refractivity contribution in [2.24, 2.45) is 23.2 Å². The molecule has 21 heavy (non-hydrogen) atoms. The van der Waals surface area contributed by atoms with Gasteiger partial charge >= 0.3 is 0 Å².